The highest BCUT2D eigenvalue weighted by atomic mass is 16.1. The number of rotatable bonds is 2. The van der Waals surface area contributed by atoms with Crippen molar-refractivity contribution in [2.45, 2.75) is 85.0 Å². The van der Waals surface area contributed by atoms with Crippen LogP contribution < -0.4 is 0 Å². The largest absolute Gasteiger partial charge is 0.294 e. The standard InChI is InChI=1S/C19H32O/c1-19(2,3)17-13-11-16(12-14-17)18(20)15-9-7-5-4-6-8-10-15/h9,16-17H,4-8,10-14H2,1-3H3. The molecule has 0 aromatic heterocycles. The monoisotopic (exact) mass is 276 g/mol. The van der Waals surface area contributed by atoms with Crippen LogP contribution in [0.3, 0.4) is 0 Å². The summed E-state index contributed by atoms with van der Waals surface area (Å²) in [5, 5.41) is 0. The molecule has 0 aliphatic heterocycles. The molecule has 1 nitrogen and oxygen atoms in total. The minimum Gasteiger partial charge on any atom is -0.294 e. The van der Waals surface area contributed by atoms with Crippen molar-refractivity contribution in [1.29, 1.82) is 0 Å². The number of Topliss-reactive ketones (excluding diaryl/α,β-unsaturated/α-hetero) is 1. The van der Waals surface area contributed by atoms with E-state index in [0.29, 0.717) is 17.1 Å². The van der Waals surface area contributed by atoms with Gasteiger partial charge in [-0.05, 0) is 68.3 Å². The Hall–Kier alpha value is -0.590. The van der Waals surface area contributed by atoms with Gasteiger partial charge in [-0.15, -0.1) is 0 Å². The van der Waals surface area contributed by atoms with Crippen molar-refractivity contribution < 1.29 is 4.79 Å². The highest BCUT2D eigenvalue weighted by Crippen LogP contribution is 2.40. The van der Waals surface area contributed by atoms with Crippen molar-refractivity contribution >= 4 is 5.78 Å². The smallest absolute Gasteiger partial charge is 0.161 e. The Morgan fingerprint density at radius 2 is 1.65 bits per heavy atom. The summed E-state index contributed by atoms with van der Waals surface area (Å²) in [6, 6.07) is 0. The number of carbonyl (C=O) groups is 1. The highest BCUT2D eigenvalue weighted by molar-refractivity contribution is 5.97. The maximum Gasteiger partial charge on any atom is 0.161 e. The van der Waals surface area contributed by atoms with E-state index in [1.165, 1.54) is 44.1 Å². The minimum atomic E-state index is 0.333. The molecule has 0 bridgehead atoms. The van der Waals surface area contributed by atoms with Crippen molar-refractivity contribution in [1.82, 2.24) is 0 Å². The lowest BCUT2D eigenvalue weighted by molar-refractivity contribution is -0.120. The van der Waals surface area contributed by atoms with E-state index in [1.807, 2.05) is 0 Å². The van der Waals surface area contributed by atoms with Gasteiger partial charge in [0.2, 0.25) is 0 Å². The molecule has 0 aromatic carbocycles. The van der Waals surface area contributed by atoms with Gasteiger partial charge in [0.15, 0.2) is 5.78 Å². The van der Waals surface area contributed by atoms with Gasteiger partial charge in [-0.3, -0.25) is 4.79 Å². The second-order valence-electron chi connectivity index (χ2n) is 7.96. The van der Waals surface area contributed by atoms with Crippen LogP contribution in [0.15, 0.2) is 11.6 Å². The Morgan fingerprint density at radius 1 is 1.00 bits per heavy atom. The second-order valence-corrected chi connectivity index (χ2v) is 7.96. The Bertz CT molecular complexity index is 350. The van der Waals surface area contributed by atoms with E-state index in [1.54, 1.807) is 0 Å². The number of hydrogen-bond acceptors (Lipinski definition) is 1. The molecule has 2 aliphatic rings. The average Bonchev–Trinajstić information content (AvgIpc) is 2.37. The van der Waals surface area contributed by atoms with Crippen LogP contribution in [0.25, 0.3) is 0 Å². The summed E-state index contributed by atoms with van der Waals surface area (Å²) < 4.78 is 0. The zero-order chi connectivity index (χ0) is 14.6. The Morgan fingerprint density at radius 3 is 2.30 bits per heavy atom. The molecule has 1 fully saturated rings. The van der Waals surface area contributed by atoms with E-state index in [2.05, 4.69) is 26.8 Å². The molecule has 0 aromatic rings. The predicted octanol–water partition coefficient (Wildman–Crippen LogP) is 5.69. The lowest BCUT2D eigenvalue weighted by Gasteiger charge is -2.36. The van der Waals surface area contributed by atoms with E-state index in [4.69, 9.17) is 0 Å². The maximum atomic E-state index is 12.7. The van der Waals surface area contributed by atoms with Crippen LogP contribution >= 0.6 is 0 Å². The quantitative estimate of drug-likeness (QED) is 0.633. The number of carbonyl (C=O) groups excluding carboxylic acids is 1. The van der Waals surface area contributed by atoms with Crippen molar-refractivity contribution in [3.05, 3.63) is 11.6 Å². The molecule has 1 heteroatoms. The predicted molar refractivity (Wildman–Crippen MR) is 85.7 cm³/mol. The van der Waals surface area contributed by atoms with Gasteiger partial charge in [-0.25, -0.2) is 0 Å². The Kier molecular flexibility index (Phi) is 5.46. The number of hydrogen-bond donors (Lipinski definition) is 0. The van der Waals surface area contributed by atoms with Gasteiger partial charge in [0.1, 0.15) is 0 Å². The molecule has 0 amide bonds. The van der Waals surface area contributed by atoms with Crippen LogP contribution in [0.1, 0.15) is 85.0 Å². The topological polar surface area (TPSA) is 17.1 Å². The summed E-state index contributed by atoms with van der Waals surface area (Å²) in [6.07, 6.45) is 14.3. The summed E-state index contributed by atoms with van der Waals surface area (Å²) in [4.78, 5) is 12.7. The van der Waals surface area contributed by atoms with Crippen LogP contribution in [-0.2, 0) is 4.79 Å². The molecule has 0 radical (unpaired) electrons. The van der Waals surface area contributed by atoms with Gasteiger partial charge in [0.25, 0.3) is 0 Å². The lowest BCUT2D eigenvalue weighted by atomic mass is 9.68. The Labute approximate surface area is 125 Å². The first-order valence-electron chi connectivity index (χ1n) is 8.71. The molecule has 1 saturated carbocycles. The zero-order valence-corrected chi connectivity index (χ0v) is 13.7. The summed E-state index contributed by atoms with van der Waals surface area (Å²) in [6.45, 7) is 7.03. The molecule has 0 saturated heterocycles. The van der Waals surface area contributed by atoms with Gasteiger partial charge in [0.05, 0.1) is 0 Å². The van der Waals surface area contributed by atoms with Crippen LogP contribution in [0.2, 0.25) is 0 Å². The molecule has 2 aliphatic carbocycles. The van der Waals surface area contributed by atoms with Crippen molar-refractivity contribution in [2.24, 2.45) is 17.3 Å². The molecular formula is C19H32O. The first-order valence-corrected chi connectivity index (χ1v) is 8.71. The van der Waals surface area contributed by atoms with Gasteiger partial charge in [0, 0.05) is 5.92 Å². The minimum absolute atomic E-state index is 0.333. The van der Waals surface area contributed by atoms with Gasteiger partial charge >= 0.3 is 0 Å². The van der Waals surface area contributed by atoms with E-state index in [0.717, 1.165) is 31.6 Å². The van der Waals surface area contributed by atoms with E-state index < -0.39 is 0 Å². The van der Waals surface area contributed by atoms with Crippen LogP contribution in [0.5, 0.6) is 0 Å². The average molecular weight is 276 g/mol. The molecule has 114 valence electrons. The fourth-order valence-electron chi connectivity index (χ4n) is 3.90. The van der Waals surface area contributed by atoms with Crippen molar-refractivity contribution in [3.8, 4) is 0 Å². The summed E-state index contributed by atoms with van der Waals surface area (Å²) in [5.74, 6) is 1.64. The zero-order valence-electron chi connectivity index (χ0n) is 13.7. The molecule has 0 N–H and O–H groups in total. The molecule has 0 spiro atoms. The molecule has 0 heterocycles. The molecule has 2 rings (SSSR count). The molecule has 0 unspecified atom stereocenters. The normalized spacial score (nSPS) is 29.2. The van der Waals surface area contributed by atoms with Crippen molar-refractivity contribution in [2.75, 3.05) is 0 Å². The summed E-state index contributed by atoms with van der Waals surface area (Å²) in [7, 11) is 0. The maximum absolute atomic E-state index is 12.7. The third kappa shape index (κ3) is 4.20. The Balaban J connectivity index is 1.91. The van der Waals surface area contributed by atoms with Gasteiger partial charge in [-0.2, -0.15) is 0 Å². The fraction of sp³-hybridized carbons (Fsp3) is 0.842. The molecular weight excluding hydrogens is 244 g/mol. The first kappa shape index (κ1) is 15.8. The number of allylic oxidation sites excluding steroid dienone is 2. The third-order valence-electron chi connectivity index (χ3n) is 5.43. The van der Waals surface area contributed by atoms with Crippen molar-refractivity contribution in [3.63, 3.8) is 0 Å². The summed E-state index contributed by atoms with van der Waals surface area (Å²) >= 11 is 0. The second kappa shape index (κ2) is 6.91. The highest BCUT2D eigenvalue weighted by Gasteiger charge is 2.33. The number of ketones is 1. The van der Waals surface area contributed by atoms with Gasteiger partial charge in [-0.1, -0.05) is 39.7 Å². The third-order valence-corrected chi connectivity index (χ3v) is 5.43. The SMILES string of the molecule is CC(C)(C)C1CCC(C(=O)C2=CCCCCCC2)CC1. The first-order chi connectivity index (χ1) is 9.48. The van der Waals surface area contributed by atoms with Crippen LogP contribution in [0, 0.1) is 17.3 Å². The fourth-order valence-corrected chi connectivity index (χ4v) is 3.90. The lowest BCUT2D eigenvalue weighted by Crippen LogP contribution is -2.29. The van der Waals surface area contributed by atoms with E-state index in [9.17, 15) is 4.79 Å². The van der Waals surface area contributed by atoms with E-state index >= 15 is 0 Å². The van der Waals surface area contributed by atoms with Gasteiger partial charge < -0.3 is 0 Å². The molecule has 0 atom stereocenters. The van der Waals surface area contributed by atoms with Crippen LogP contribution in [-0.4, -0.2) is 5.78 Å². The van der Waals surface area contributed by atoms with Crippen LogP contribution in [0.4, 0.5) is 0 Å². The van der Waals surface area contributed by atoms with E-state index in [-0.39, 0.29) is 0 Å². The molecule has 20 heavy (non-hydrogen) atoms. The summed E-state index contributed by atoms with van der Waals surface area (Å²) in [5.41, 5.74) is 1.58.